The molecule has 1 atom stereocenters. The van der Waals surface area contributed by atoms with Crippen LogP contribution < -0.4 is 0 Å². The van der Waals surface area contributed by atoms with Gasteiger partial charge in [0.25, 0.3) is 0 Å². The molecule has 1 unspecified atom stereocenters. The number of allylic oxidation sites excluding steroid dienone is 8. The van der Waals surface area contributed by atoms with E-state index in [2.05, 4.69) is 69.4 Å². The van der Waals surface area contributed by atoms with Crippen LogP contribution >= 0.6 is 0 Å². The van der Waals surface area contributed by atoms with Gasteiger partial charge in [0.2, 0.25) is 0 Å². The number of carbonyl (C=O) groups excluding carboxylic acids is 3. The lowest BCUT2D eigenvalue weighted by atomic mass is 10.1. The van der Waals surface area contributed by atoms with Crippen molar-refractivity contribution in [2.75, 3.05) is 13.2 Å². The quantitative estimate of drug-likeness (QED) is 0.0200. The molecule has 0 aromatic heterocycles. The third-order valence-corrected chi connectivity index (χ3v) is 10.6. The third kappa shape index (κ3) is 44.5. The van der Waals surface area contributed by atoms with Crippen LogP contribution in [0.1, 0.15) is 245 Å². The number of hydrogen-bond donors (Lipinski definition) is 0. The van der Waals surface area contributed by atoms with Crippen molar-refractivity contribution in [3.8, 4) is 0 Å². The number of hydrogen-bond acceptors (Lipinski definition) is 6. The smallest absolute Gasteiger partial charge is 0.306 e. The van der Waals surface area contributed by atoms with Crippen LogP contribution in [0.25, 0.3) is 0 Å². The van der Waals surface area contributed by atoms with Gasteiger partial charge in [0, 0.05) is 19.3 Å². The summed E-state index contributed by atoms with van der Waals surface area (Å²) in [6, 6.07) is 0. The summed E-state index contributed by atoms with van der Waals surface area (Å²) < 4.78 is 16.7. The highest BCUT2D eigenvalue weighted by Crippen LogP contribution is 2.14. The fraction of sp³-hybridized carbons (Fsp3) is 0.788. The van der Waals surface area contributed by atoms with E-state index in [9.17, 15) is 14.4 Å². The molecule has 0 aromatic carbocycles. The zero-order valence-electron chi connectivity index (χ0n) is 38.3. The van der Waals surface area contributed by atoms with E-state index in [-0.39, 0.29) is 31.1 Å². The average molecular weight is 813 g/mol. The van der Waals surface area contributed by atoms with Crippen LogP contribution in [0.2, 0.25) is 0 Å². The van der Waals surface area contributed by atoms with Crippen LogP contribution in [0.3, 0.4) is 0 Å². The maximum Gasteiger partial charge on any atom is 0.306 e. The third-order valence-electron chi connectivity index (χ3n) is 10.6. The molecule has 0 aromatic rings. The molecule has 6 heteroatoms. The number of unbranched alkanes of at least 4 members (excludes halogenated alkanes) is 26. The molecule has 0 saturated heterocycles. The van der Waals surface area contributed by atoms with E-state index >= 15 is 0 Å². The van der Waals surface area contributed by atoms with Crippen molar-refractivity contribution in [3.05, 3.63) is 48.6 Å². The molecule has 336 valence electrons. The highest BCUT2D eigenvalue weighted by molar-refractivity contribution is 5.71. The summed E-state index contributed by atoms with van der Waals surface area (Å²) in [4.78, 5) is 37.8. The standard InChI is InChI=1S/C52H92O6/c1-4-7-10-13-16-19-22-24-25-26-27-28-31-33-36-39-42-45-51(54)57-48-49(47-56-50(53)44-41-38-35-32-29-21-18-15-12-9-6-3)58-52(55)46-43-40-37-34-30-23-20-17-14-11-8-5-2/h15,17-18,20-21,24-25,29,49H,4-14,16,19,22-23,26-28,30-48H2,1-3H3/b18-15-,20-17-,25-24-,29-21-. The normalized spacial score (nSPS) is 12.4. The second-order valence-corrected chi connectivity index (χ2v) is 16.4. The minimum atomic E-state index is -0.787. The molecule has 6 nitrogen and oxygen atoms in total. The first-order chi connectivity index (χ1) is 28.5. The zero-order valence-corrected chi connectivity index (χ0v) is 38.3. The Morgan fingerprint density at radius 2 is 0.638 bits per heavy atom. The van der Waals surface area contributed by atoms with E-state index in [1.807, 2.05) is 0 Å². The molecule has 0 spiro atoms. The monoisotopic (exact) mass is 813 g/mol. The molecule has 0 aliphatic carbocycles. The highest BCUT2D eigenvalue weighted by Gasteiger charge is 2.19. The minimum Gasteiger partial charge on any atom is -0.462 e. The van der Waals surface area contributed by atoms with E-state index in [0.717, 1.165) is 83.5 Å². The zero-order chi connectivity index (χ0) is 42.3. The Labute approximate surface area is 358 Å². The molecule has 0 rings (SSSR count). The van der Waals surface area contributed by atoms with Gasteiger partial charge in [-0.1, -0.05) is 185 Å². The number of ether oxygens (including phenoxy) is 3. The summed E-state index contributed by atoms with van der Waals surface area (Å²) in [5, 5.41) is 0. The first-order valence-electron chi connectivity index (χ1n) is 24.7. The number of rotatable bonds is 44. The number of esters is 3. The van der Waals surface area contributed by atoms with E-state index < -0.39 is 6.10 Å². The van der Waals surface area contributed by atoms with Gasteiger partial charge in [0.15, 0.2) is 6.10 Å². The maximum absolute atomic E-state index is 12.7. The predicted octanol–water partition coefficient (Wildman–Crippen LogP) is 15.9. The molecule has 0 bridgehead atoms. The van der Waals surface area contributed by atoms with Crippen LogP contribution in [0.15, 0.2) is 48.6 Å². The Morgan fingerprint density at radius 1 is 0.345 bits per heavy atom. The summed E-state index contributed by atoms with van der Waals surface area (Å²) >= 11 is 0. The van der Waals surface area contributed by atoms with Gasteiger partial charge < -0.3 is 14.2 Å². The molecule has 0 aliphatic rings. The second-order valence-electron chi connectivity index (χ2n) is 16.4. The topological polar surface area (TPSA) is 78.9 Å². The molecule has 0 fully saturated rings. The molecule has 0 N–H and O–H groups in total. The van der Waals surface area contributed by atoms with Crippen molar-refractivity contribution < 1.29 is 28.6 Å². The van der Waals surface area contributed by atoms with Crippen molar-refractivity contribution in [3.63, 3.8) is 0 Å². The lowest BCUT2D eigenvalue weighted by Crippen LogP contribution is -2.30. The highest BCUT2D eigenvalue weighted by atomic mass is 16.6. The van der Waals surface area contributed by atoms with Crippen molar-refractivity contribution in [2.45, 2.75) is 252 Å². The van der Waals surface area contributed by atoms with E-state index in [4.69, 9.17) is 14.2 Å². The Morgan fingerprint density at radius 3 is 1.07 bits per heavy atom. The van der Waals surface area contributed by atoms with Crippen LogP contribution in [-0.2, 0) is 28.6 Å². The SMILES string of the molecule is CCCC/C=C\C=C/CCCCCC(=O)OCC(COC(=O)CCCCCCCCC/C=C\CCCCCCCC)OC(=O)CCCCCCC/C=C\CCCCC. The van der Waals surface area contributed by atoms with Crippen molar-refractivity contribution in [1.82, 2.24) is 0 Å². The Hall–Kier alpha value is -2.63. The van der Waals surface area contributed by atoms with Gasteiger partial charge in [-0.3, -0.25) is 14.4 Å². The van der Waals surface area contributed by atoms with Gasteiger partial charge in [-0.15, -0.1) is 0 Å². The van der Waals surface area contributed by atoms with Gasteiger partial charge in [0.05, 0.1) is 0 Å². The van der Waals surface area contributed by atoms with E-state index in [1.165, 1.54) is 122 Å². The Kier molecular flexibility index (Phi) is 44.9. The summed E-state index contributed by atoms with van der Waals surface area (Å²) in [6.45, 7) is 6.52. The van der Waals surface area contributed by atoms with Gasteiger partial charge in [-0.2, -0.15) is 0 Å². The molecule has 58 heavy (non-hydrogen) atoms. The average Bonchev–Trinajstić information content (AvgIpc) is 3.22. The largest absolute Gasteiger partial charge is 0.462 e. The maximum atomic E-state index is 12.7. The molecule has 0 saturated carbocycles. The van der Waals surface area contributed by atoms with Gasteiger partial charge >= 0.3 is 17.9 Å². The minimum absolute atomic E-state index is 0.0869. The summed E-state index contributed by atoms with van der Waals surface area (Å²) in [7, 11) is 0. The molecular weight excluding hydrogens is 721 g/mol. The van der Waals surface area contributed by atoms with E-state index in [1.54, 1.807) is 0 Å². The predicted molar refractivity (Wildman–Crippen MR) is 247 cm³/mol. The first-order valence-corrected chi connectivity index (χ1v) is 24.7. The van der Waals surface area contributed by atoms with Crippen LogP contribution in [0.4, 0.5) is 0 Å². The number of carbonyl (C=O) groups is 3. The first kappa shape index (κ1) is 55.4. The van der Waals surface area contributed by atoms with Gasteiger partial charge in [0.1, 0.15) is 13.2 Å². The van der Waals surface area contributed by atoms with Gasteiger partial charge in [-0.05, 0) is 89.9 Å². The molecule has 0 heterocycles. The molecule has 0 aliphatic heterocycles. The molecule has 0 radical (unpaired) electrons. The van der Waals surface area contributed by atoms with Crippen LogP contribution in [0, 0.1) is 0 Å². The van der Waals surface area contributed by atoms with Crippen molar-refractivity contribution >= 4 is 17.9 Å². The fourth-order valence-electron chi connectivity index (χ4n) is 6.76. The molecular formula is C52H92O6. The molecule has 0 amide bonds. The summed E-state index contributed by atoms with van der Waals surface area (Å²) in [5.41, 5.74) is 0. The van der Waals surface area contributed by atoms with Crippen LogP contribution in [0.5, 0.6) is 0 Å². The van der Waals surface area contributed by atoms with Crippen molar-refractivity contribution in [1.29, 1.82) is 0 Å². The van der Waals surface area contributed by atoms with Gasteiger partial charge in [-0.25, -0.2) is 0 Å². The van der Waals surface area contributed by atoms with Crippen LogP contribution in [-0.4, -0.2) is 37.2 Å². The van der Waals surface area contributed by atoms with Crippen molar-refractivity contribution in [2.24, 2.45) is 0 Å². The second kappa shape index (κ2) is 47.1. The summed E-state index contributed by atoms with van der Waals surface area (Å²) in [6.07, 6.45) is 55.2. The Balaban J connectivity index is 4.37. The van der Waals surface area contributed by atoms with E-state index in [0.29, 0.717) is 19.3 Å². The lowest BCUT2D eigenvalue weighted by molar-refractivity contribution is -0.167. The summed E-state index contributed by atoms with van der Waals surface area (Å²) in [5.74, 6) is -0.927. The fourth-order valence-corrected chi connectivity index (χ4v) is 6.76. The lowest BCUT2D eigenvalue weighted by Gasteiger charge is -2.18. The Bertz CT molecular complexity index is 1030.